The number of allylic oxidation sites excluding steroid dienone is 2. The van der Waals surface area contributed by atoms with Gasteiger partial charge in [-0.15, -0.1) is 0 Å². The van der Waals surface area contributed by atoms with Crippen LogP contribution >= 0.6 is 0 Å². The minimum atomic E-state index is -0.214. The van der Waals surface area contributed by atoms with Gasteiger partial charge in [-0.05, 0) is 18.1 Å². The molecule has 1 aliphatic carbocycles. The molecule has 0 aromatic heterocycles. The van der Waals surface area contributed by atoms with E-state index in [-0.39, 0.29) is 5.82 Å². The van der Waals surface area contributed by atoms with Gasteiger partial charge in [-0.25, -0.2) is 4.39 Å². The van der Waals surface area contributed by atoms with Crippen LogP contribution in [0, 0.1) is 17.1 Å². The summed E-state index contributed by atoms with van der Waals surface area (Å²) in [5, 5.41) is 8.66. The maximum Gasteiger partial charge on any atom is 0.127 e. The summed E-state index contributed by atoms with van der Waals surface area (Å²) in [6.07, 6.45) is 2.30. The highest BCUT2D eigenvalue weighted by atomic mass is 19.1. The van der Waals surface area contributed by atoms with E-state index in [9.17, 15) is 4.39 Å². The highest BCUT2D eigenvalue weighted by Crippen LogP contribution is 2.28. The van der Waals surface area contributed by atoms with Crippen LogP contribution in [-0.4, -0.2) is 0 Å². The van der Waals surface area contributed by atoms with Crippen LogP contribution < -0.4 is 0 Å². The van der Waals surface area contributed by atoms with Crippen LogP contribution in [0.2, 0.25) is 0 Å². The van der Waals surface area contributed by atoms with Gasteiger partial charge < -0.3 is 0 Å². The van der Waals surface area contributed by atoms with Gasteiger partial charge in [0.15, 0.2) is 0 Å². The number of benzene rings is 1. The zero-order chi connectivity index (χ0) is 8.55. The van der Waals surface area contributed by atoms with Gasteiger partial charge in [0.05, 0.1) is 11.6 Å². The summed E-state index contributed by atoms with van der Waals surface area (Å²) in [4.78, 5) is 0. The quantitative estimate of drug-likeness (QED) is 0.569. The molecule has 0 aliphatic heterocycles. The minimum absolute atomic E-state index is 0.214. The first-order valence-electron chi connectivity index (χ1n) is 3.71. The summed E-state index contributed by atoms with van der Waals surface area (Å²) in [6.45, 7) is 0. The largest absolute Gasteiger partial charge is 0.207 e. The van der Waals surface area contributed by atoms with Crippen LogP contribution in [0.1, 0.15) is 11.1 Å². The first kappa shape index (κ1) is 7.05. The van der Waals surface area contributed by atoms with E-state index >= 15 is 0 Å². The Morgan fingerprint density at radius 1 is 1.42 bits per heavy atom. The van der Waals surface area contributed by atoms with Crippen LogP contribution in [0.15, 0.2) is 24.3 Å². The zero-order valence-electron chi connectivity index (χ0n) is 6.34. The van der Waals surface area contributed by atoms with Gasteiger partial charge in [-0.1, -0.05) is 18.2 Å². The predicted octanol–water partition coefficient (Wildman–Crippen LogP) is 2.29. The van der Waals surface area contributed by atoms with Crippen molar-refractivity contribution >= 4 is 5.57 Å². The van der Waals surface area contributed by atoms with E-state index in [1.165, 1.54) is 6.07 Å². The molecular formula is C10H6FN. The molecule has 0 saturated carbocycles. The molecule has 12 heavy (non-hydrogen) atoms. The lowest BCUT2D eigenvalue weighted by molar-refractivity contribution is 0.615. The smallest absolute Gasteiger partial charge is 0.127 e. The second kappa shape index (κ2) is 2.46. The van der Waals surface area contributed by atoms with E-state index in [4.69, 9.17) is 5.26 Å². The number of hydrogen-bond donors (Lipinski definition) is 0. The Labute approximate surface area is 69.8 Å². The third-order valence-corrected chi connectivity index (χ3v) is 2.04. The number of rotatable bonds is 0. The third kappa shape index (κ3) is 0.835. The van der Waals surface area contributed by atoms with E-state index in [0.29, 0.717) is 17.6 Å². The fourth-order valence-corrected chi connectivity index (χ4v) is 1.44. The van der Waals surface area contributed by atoms with Gasteiger partial charge in [-0.2, -0.15) is 5.26 Å². The molecule has 0 radical (unpaired) electrons. The van der Waals surface area contributed by atoms with Crippen LogP contribution in [0.3, 0.4) is 0 Å². The normalized spacial score (nSPS) is 13.5. The Morgan fingerprint density at radius 2 is 2.25 bits per heavy atom. The second-order valence-electron chi connectivity index (χ2n) is 2.70. The lowest BCUT2D eigenvalue weighted by atomic mass is 10.1. The SMILES string of the molecule is N#CC1=CCc2c(F)cccc21. The molecule has 0 amide bonds. The maximum absolute atomic E-state index is 13.1. The molecule has 2 heteroatoms. The van der Waals surface area contributed by atoms with Crippen molar-refractivity contribution in [3.05, 3.63) is 41.2 Å². The molecule has 58 valence electrons. The summed E-state index contributed by atoms with van der Waals surface area (Å²) >= 11 is 0. The van der Waals surface area contributed by atoms with Crippen molar-refractivity contribution in [3.63, 3.8) is 0 Å². The van der Waals surface area contributed by atoms with Gasteiger partial charge in [0.2, 0.25) is 0 Å². The molecule has 0 heterocycles. The molecule has 1 aromatic rings. The summed E-state index contributed by atoms with van der Waals surface area (Å²) < 4.78 is 13.1. The summed E-state index contributed by atoms with van der Waals surface area (Å²) in [7, 11) is 0. The molecule has 0 unspecified atom stereocenters. The van der Waals surface area contributed by atoms with E-state index in [1.54, 1.807) is 18.2 Å². The number of halogens is 1. The predicted molar refractivity (Wildman–Crippen MR) is 43.7 cm³/mol. The van der Waals surface area contributed by atoms with Crippen molar-refractivity contribution in [3.8, 4) is 6.07 Å². The van der Waals surface area contributed by atoms with Crippen LogP contribution in [0.4, 0.5) is 4.39 Å². The zero-order valence-corrected chi connectivity index (χ0v) is 6.34. The molecule has 0 saturated heterocycles. The molecule has 0 bridgehead atoms. The molecule has 1 nitrogen and oxygen atoms in total. The Balaban J connectivity index is 2.63. The van der Waals surface area contributed by atoms with Crippen molar-refractivity contribution in [1.82, 2.24) is 0 Å². The monoisotopic (exact) mass is 159 g/mol. The van der Waals surface area contributed by atoms with Crippen LogP contribution in [0.25, 0.3) is 5.57 Å². The van der Waals surface area contributed by atoms with Crippen molar-refractivity contribution in [2.45, 2.75) is 6.42 Å². The highest BCUT2D eigenvalue weighted by Gasteiger charge is 2.16. The van der Waals surface area contributed by atoms with Gasteiger partial charge in [0.1, 0.15) is 5.82 Å². The average molecular weight is 159 g/mol. The lowest BCUT2D eigenvalue weighted by Gasteiger charge is -1.99. The summed E-state index contributed by atoms with van der Waals surface area (Å²) in [5.41, 5.74) is 1.98. The molecule has 1 aromatic carbocycles. The second-order valence-corrected chi connectivity index (χ2v) is 2.70. The van der Waals surface area contributed by atoms with Crippen LogP contribution in [-0.2, 0) is 6.42 Å². The van der Waals surface area contributed by atoms with E-state index < -0.39 is 0 Å². The standard InChI is InChI=1S/C10H6FN/c11-10-3-1-2-8-7(6-12)4-5-9(8)10/h1-4H,5H2. The highest BCUT2D eigenvalue weighted by molar-refractivity contribution is 5.82. The lowest BCUT2D eigenvalue weighted by Crippen LogP contribution is -1.88. The average Bonchev–Trinajstić information content (AvgIpc) is 2.49. The van der Waals surface area contributed by atoms with Crippen molar-refractivity contribution in [1.29, 1.82) is 5.26 Å². The van der Waals surface area contributed by atoms with Gasteiger partial charge in [0, 0.05) is 5.56 Å². The molecule has 0 spiro atoms. The molecule has 1 aliphatic rings. The fourth-order valence-electron chi connectivity index (χ4n) is 1.44. The maximum atomic E-state index is 13.1. The first-order valence-corrected chi connectivity index (χ1v) is 3.71. The Kier molecular flexibility index (Phi) is 1.44. The topological polar surface area (TPSA) is 23.8 Å². The van der Waals surface area contributed by atoms with E-state index in [1.807, 2.05) is 6.07 Å². The number of nitrogens with zero attached hydrogens (tertiary/aromatic N) is 1. The van der Waals surface area contributed by atoms with Crippen molar-refractivity contribution in [2.75, 3.05) is 0 Å². The van der Waals surface area contributed by atoms with Gasteiger partial charge in [0.25, 0.3) is 0 Å². The Morgan fingerprint density at radius 3 is 3.00 bits per heavy atom. The minimum Gasteiger partial charge on any atom is -0.207 e. The first-order chi connectivity index (χ1) is 5.83. The van der Waals surface area contributed by atoms with Crippen molar-refractivity contribution < 1.29 is 4.39 Å². The fraction of sp³-hybridized carbons (Fsp3) is 0.100. The number of nitriles is 1. The van der Waals surface area contributed by atoms with Crippen LogP contribution in [0.5, 0.6) is 0 Å². The molecule has 0 atom stereocenters. The van der Waals surface area contributed by atoms with E-state index in [0.717, 1.165) is 5.56 Å². The number of hydrogen-bond acceptors (Lipinski definition) is 1. The molecule has 0 N–H and O–H groups in total. The third-order valence-electron chi connectivity index (χ3n) is 2.04. The molecule has 0 fully saturated rings. The Hall–Kier alpha value is -1.62. The number of fused-ring (bicyclic) bond motifs is 1. The Bertz CT molecular complexity index is 399. The molecule has 2 rings (SSSR count). The van der Waals surface area contributed by atoms with Gasteiger partial charge in [-0.3, -0.25) is 0 Å². The van der Waals surface area contributed by atoms with E-state index in [2.05, 4.69) is 0 Å². The molecular weight excluding hydrogens is 153 g/mol. The summed E-state index contributed by atoms with van der Waals surface area (Å²) in [5.74, 6) is -0.214. The van der Waals surface area contributed by atoms with Crippen molar-refractivity contribution in [2.24, 2.45) is 0 Å². The summed E-state index contributed by atoms with van der Waals surface area (Å²) in [6, 6.07) is 6.87. The van der Waals surface area contributed by atoms with Gasteiger partial charge >= 0.3 is 0 Å².